The van der Waals surface area contributed by atoms with Crippen molar-refractivity contribution in [1.29, 1.82) is 0 Å². The van der Waals surface area contributed by atoms with Crippen molar-refractivity contribution in [1.82, 2.24) is 0 Å². The van der Waals surface area contributed by atoms with Gasteiger partial charge in [-0.2, -0.15) is 0 Å². The summed E-state index contributed by atoms with van der Waals surface area (Å²) in [5, 5.41) is 3.28. The maximum atomic E-state index is 12.7. The van der Waals surface area contributed by atoms with Crippen LogP contribution in [0.15, 0.2) is 60.7 Å². The lowest BCUT2D eigenvalue weighted by atomic mass is 9.72. The van der Waals surface area contributed by atoms with Crippen LogP contribution in [0.5, 0.6) is 5.75 Å². The highest BCUT2D eigenvalue weighted by molar-refractivity contribution is 7.20. The van der Waals surface area contributed by atoms with Crippen LogP contribution in [0, 0.1) is 5.41 Å². The zero-order valence-corrected chi connectivity index (χ0v) is 22.3. The van der Waals surface area contributed by atoms with Gasteiger partial charge in [0.2, 0.25) is 0 Å². The third-order valence-electron chi connectivity index (χ3n) is 5.52. The molecule has 0 aliphatic carbocycles. The molecule has 0 fully saturated rings. The Bertz CT molecular complexity index is 1140. The van der Waals surface area contributed by atoms with E-state index in [0.717, 1.165) is 16.9 Å². The van der Waals surface area contributed by atoms with Crippen LogP contribution >= 0.6 is 11.3 Å². The molecule has 0 bridgehead atoms. The predicted octanol–water partition coefficient (Wildman–Crippen LogP) is 7.32. The van der Waals surface area contributed by atoms with Crippen molar-refractivity contribution in [3.63, 3.8) is 0 Å². The first-order chi connectivity index (χ1) is 16.5. The van der Waals surface area contributed by atoms with Crippen molar-refractivity contribution >= 4 is 28.2 Å². The normalized spacial score (nSPS) is 11.7. The second-order valence-electron chi connectivity index (χ2n) is 10.4. The van der Waals surface area contributed by atoms with Crippen LogP contribution in [0.25, 0.3) is 10.4 Å². The molecule has 5 nitrogen and oxygen atoms in total. The molecule has 0 aliphatic heterocycles. The minimum absolute atomic E-state index is 0.0350. The summed E-state index contributed by atoms with van der Waals surface area (Å²) in [4.78, 5) is 26.0. The van der Waals surface area contributed by atoms with Crippen LogP contribution in [0.3, 0.4) is 0 Å². The summed E-state index contributed by atoms with van der Waals surface area (Å²) in [7, 11) is 0. The lowest BCUT2D eigenvalue weighted by molar-refractivity contribution is -0.118. The first-order valence-electron chi connectivity index (χ1n) is 11.9. The SMILES string of the molecule is CCOC(=O)c1cc(-c2ccccc2)sc1NC(=O)COc1ccc(C(C)(C)CC(C)(C)C)cc1. The Hall–Kier alpha value is -3.12. The third kappa shape index (κ3) is 7.43. The Kier molecular flexibility index (Phi) is 8.39. The molecule has 0 aliphatic rings. The molecule has 3 rings (SSSR count). The maximum Gasteiger partial charge on any atom is 0.341 e. The van der Waals surface area contributed by atoms with Crippen LogP contribution in [-0.4, -0.2) is 25.1 Å². The standard InChI is InChI=1S/C29H35NO4S/c1-7-33-27(32)23-17-24(20-11-9-8-10-12-20)35-26(23)30-25(31)18-34-22-15-13-21(14-16-22)29(5,6)19-28(2,3)4/h8-17H,7,18-19H2,1-6H3,(H,30,31). The molecule has 0 saturated heterocycles. The lowest BCUT2D eigenvalue weighted by Crippen LogP contribution is -2.24. The Balaban J connectivity index is 1.67. The quantitative estimate of drug-likeness (QED) is 0.317. The summed E-state index contributed by atoms with van der Waals surface area (Å²) >= 11 is 1.34. The minimum atomic E-state index is -0.462. The fraction of sp³-hybridized carbons (Fsp3) is 0.379. The number of carbonyl (C=O) groups is 2. The van der Waals surface area contributed by atoms with Gasteiger partial charge in [0.1, 0.15) is 10.8 Å². The fourth-order valence-corrected chi connectivity index (χ4v) is 5.40. The summed E-state index contributed by atoms with van der Waals surface area (Å²) in [5.41, 5.74) is 2.80. The van der Waals surface area contributed by atoms with Crippen LogP contribution in [0.2, 0.25) is 0 Å². The van der Waals surface area contributed by atoms with E-state index < -0.39 is 5.97 Å². The van der Waals surface area contributed by atoms with Gasteiger partial charge in [-0.3, -0.25) is 4.79 Å². The van der Waals surface area contributed by atoms with Crippen LogP contribution < -0.4 is 10.1 Å². The highest BCUT2D eigenvalue weighted by Gasteiger charge is 2.27. The predicted molar refractivity (Wildman–Crippen MR) is 143 cm³/mol. The lowest BCUT2D eigenvalue weighted by Gasteiger charge is -2.33. The van der Waals surface area contributed by atoms with E-state index in [-0.39, 0.29) is 30.0 Å². The van der Waals surface area contributed by atoms with Crippen molar-refractivity contribution in [2.45, 2.75) is 53.4 Å². The second kappa shape index (κ2) is 11.1. The van der Waals surface area contributed by atoms with Gasteiger partial charge >= 0.3 is 5.97 Å². The summed E-state index contributed by atoms with van der Waals surface area (Å²) in [6, 6.07) is 19.4. The average Bonchev–Trinajstić information content (AvgIpc) is 3.21. The van der Waals surface area contributed by atoms with Gasteiger partial charge in [0, 0.05) is 4.88 Å². The molecular weight excluding hydrogens is 458 g/mol. The molecule has 0 saturated carbocycles. The van der Waals surface area contributed by atoms with E-state index in [9.17, 15) is 9.59 Å². The number of nitrogens with one attached hydrogen (secondary N) is 1. The molecule has 186 valence electrons. The van der Waals surface area contributed by atoms with Gasteiger partial charge in [-0.05, 0) is 53.5 Å². The van der Waals surface area contributed by atoms with Gasteiger partial charge in [-0.1, -0.05) is 77.1 Å². The second-order valence-corrected chi connectivity index (χ2v) is 11.5. The highest BCUT2D eigenvalue weighted by Crippen LogP contribution is 2.37. The minimum Gasteiger partial charge on any atom is -0.484 e. The smallest absolute Gasteiger partial charge is 0.341 e. The molecule has 1 N–H and O–H groups in total. The molecule has 6 heteroatoms. The monoisotopic (exact) mass is 493 g/mol. The number of rotatable bonds is 9. The molecule has 0 atom stereocenters. The van der Waals surface area contributed by atoms with Crippen molar-refractivity contribution < 1.29 is 19.1 Å². The number of hydrogen-bond acceptors (Lipinski definition) is 5. The van der Waals surface area contributed by atoms with Gasteiger partial charge in [-0.25, -0.2) is 4.79 Å². The van der Waals surface area contributed by atoms with E-state index in [1.165, 1.54) is 16.9 Å². The molecule has 1 heterocycles. The maximum absolute atomic E-state index is 12.7. The summed E-state index contributed by atoms with van der Waals surface area (Å²) in [5.74, 6) is -0.179. The third-order valence-corrected chi connectivity index (χ3v) is 6.62. The van der Waals surface area contributed by atoms with E-state index in [1.54, 1.807) is 13.0 Å². The zero-order valence-electron chi connectivity index (χ0n) is 21.4. The summed E-state index contributed by atoms with van der Waals surface area (Å²) in [6.45, 7) is 13.1. The number of esters is 1. The first kappa shape index (κ1) is 26.5. The molecule has 1 amide bonds. The van der Waals surface area contributed by atoms with E-state index in [4.69, 9.17) is 9.47 Å². The molecule has 0 unspecified atom stereocenters. The van der Waals surface area contributed by atoms with Crippen LogP contribution in [0.4, 0.5) is 5.00 Å². The summed E-state index contributed by atoms with van der Waals surface area (Å²) < 4.78 is 10.9. The van der Waals surface area contributed by atoms with Gasteiger partial charge in [0.25, 0.3) is 5.91 Å². The fourth-order valence-electron chi connectivity index (χ4n) is 4.33. The molecule has 0 spiro atoms. The topological polar surface area (TPSA) is 64.6 Å². The highest BCUT2D eigenvalue weighted by atomic mass is 32.1. The number of amides is 1. The van der Waals surface area contributed by atoms with Crippen molar-refractivity contribution in [2.24, 2.45) is 5.41 Å². The number of anilines is 1. The van der Waals surface area contributed by atoms with E-state index in [0.29, 0.717) is 16.3 Å². The molecule has 2 aromatic carbocycles. The van der Waals surface area contributed by atoms with Gasteiger partial charge in [-0.15, -0.1) is 11.3 Å². The number of hydrogen-bond donors (Lipinski definition) is 1. The molecule has 3 aromatic rings. The number of thiophene rings is 1. The Labute approximate surface area is 212 Å². The van der Waals surface area contributed by atoms with Crippen LogP contribution in [-0.2, 0) is 14.9 Å². The van der Waals surface area contributed by atoms with E-state index in [2.05, 4.69) is 52.1 Å². The van der Waals surface area contributed by atoms with Crippen LogP contribution in [0.1, 0.15) is 63.9 Å². The zero-order chi connectivity index (χ0) is 25.6. The first-order valence-corrected chi connectivity index (χ1v) is 12.7. The molecule has 0 radical (unpaired) electrons. The van der Waals surface area contributed by atoms with E-state index >= 15 is 0 Å². The van der Waals surface area contributed by atoms with Gasteiger partial charge in [0.05, 0.1) is 12.2 Å². The molecular formula is C29H35NO4S. The molecule has 1 aromatic heterocycles. The number of carbonyl (C=O) groups excluding carboxylic acids is 2. The average molecular weight is 494 g/mol. The Morgan fingerprint density at radius 2 is 1.60 bits per heavy atom. The Morgan fingerprint density at radius 1 is 0.943 bits per heavy atom. The van der Waals surface area contributed by atoms with Crippen molar-refractivity contribution in [2.75, 3.05) is 18.5 Å². The van der Waals surface area contributed by atoms with Gasteiger partial charge in [0.15, 0.2) is 6.61 Å². The largest absolute Gasteiger partial charge is 0.484 e. The van der Waals surface area contributed by atoms with Crippen molar-refractivity contribution in [3.05, 3.63) is 71.8 Å². The number of ether oxygens (including phenoxy) is 2. The van der Waals surface area contributed by atoms with Gasteiger partial charge < -0.3 is 14.8 Å². The summed E-state index contributed by atoms with van der Waals surface area (Å²) in [6.07, 6.45) is 1.05. The molecule has 35 heavy (non-hydrogen) atoms. The van der Waals surface area contributed by atoms with E-state index in [1.807, 2.05) is 42.5 Å². The van der Waals surface area contributed by atoms with Crippen molar-refractivity contribution in [3.8, 4) is 16.2 Å². The Morgan fingerprint density at radius 3 is 2.20 bits per heavy atom. The number of benzene rings is 2.